The van der Waals surface area contributed by atoms with Crippen LogP contribution in [-0.2, 0) is 0 Å². The number of nitrogens with two attached hydrogens (primary N) is 1. The Balaban J connectivity index is 1.54. The molecular weight excluding hydrogens is 448 g/mol. The second-order valence-electron chi connectivity index (χ2n) is 7.74. The molecule has 1 aliphatic rings. The van der Waals surface area contributed by atoms with Crippen LogP contribution in [0, 0.1) is 0 Å². The molecule has 0 bridgehead atoms. The number of aldehydes is 1. The van der Waals surface area contributed by atoms with Gasteiger partial charge in [-0.2, -0.15) is 15.1 Å². The Morgan fingerprint density at radius 2 is 1.82 bits per heavy atom. The van der Waals surface area contributed by atoms with Gasteiger partial charge in [0.2, 0.25) is 5.96 Å². The Kier molecular flexibility index (Phi) is 7.84. The van der Waals surface area contributed by atoms with E-state index in [0.717, 1.165) is 48.6 Å². The van der Waals surface area contributed by atoms with Crippen molar-refractivity contribution >= 4 is 41.3 Å². The predicted octanol–water partition coefficient (Wildman–Crippen LogP) is 3.26. The Morgan fingerprint density at radius 3 is 2.53 bits per heavy atom. The molecule has 0 aliphatic carbocycles. The molecule has 1 aromatic heterocycles. The van der Waals surface area contributed by atoms with E-state index in [4.69, 9.17) is 5.73 Å². The number of aromatic amines is 1. The highest BCUT2D eigenvalue weighted by Crippen LogP contribution is 2.22. The summed E-state index contributed by atoms with van der Waals surface area (Å²) in [6.45, 7) is 3.74. The third-order valence-corrected chi connectivity index (χ3v) is 6.07. The molecule has 2 heterocycles. The third-order valence-electron chi connectivity index (χ3n) is 5.18. The van der Waals surface area contributed by atoms with Crippen molar-refractivity contribution in [3.8, 4) is 11.3 Å². The molecule has 0 spiro atoms. The van der Waals surface area contributed by atoms with Crippen molar-refractivity contribution < 1.29 is 4.79 Å². The first-order valence-corrected chi connectivity index (χ1v) is 11.6. The van der Waals surface area contributed by atoms with Crippen LogP contribution in [0.15, 0.2) is 80.5 Å². The van der Waals surface area contributed by atoms with Crippen LogP contribution in [0.3, 0.4) is 0 Å². The zero-order valence-electron chi connectivity index (χ0n) is 18.8. The number of hydrogen-bond acceptors (Lipinski definition) is 5. The largest absolute Gasteiger partial charge is 0.368 e. The molecule has 1 saturated heterocycles. The molecule has 3 aromatic rings. The van der Waals surface area contributed by atoms with Gasteiger partial charge in [0.1, 0.15) is 6.29 Å². The molecule has 0 radical (unpaired) electrons. The topological polar surface area (TPSA) is 115 Å². The van der Waals surface area contributed by atoms with Crippen LogP contribution in [0.5, 0.6) is 0 Å². The Morgan fingerprint density at radius 1 is 1.09 bits per heavy atom. The van der Waals surface area contributed by atoms with E-state index in [1.54, 1.807) is 18.5 Å². The Hall–Kier alpha value is -3.76. The molecule has 2 aromatic carbocycles. The SMILES string of the molecule is CN1CCN(C=NC(=NC(N)=Nc2cc(-c3ccccc3)[nH]n2)Sc2ccc(C=O)cc2)CC1. The van der Waals surface area contributed by atoms with Crippen molar-refractivity contribution in [3.05, 3.63) is 66.2 Å². The maximum absolute atomic E-state index is 10.9. The minimum atomic E-state index is 0.0497. The first kappa shape index (κ1) is 23.4. The lowest BCUT2D eigenvalue weighted by atomic mass is 10.2. The van der Waals surface area contributed by atoms with E-state index in [1.165, 1.54) is 11.8 Å². The number of nitrogens with one attached hydrogen (secondary N) is 1. The minimum absolute atomic E-state index is 0.0497. The van der Waals surface area contributed by atoms with Crippen molar-refractivity contribution in [2.75, 3.05) is 33.2 Å². The smallest absolute Gasteiger partial charge is 0.224 e. The highest BCUT2D eigenvalue weighted by molar-refractivity contribution is 8.14. The van der Waals surface area contributed by atoms with E-state index in [9.17, 15) is 4.79 Å². The van der Waals surface area contributed by atoms with Crippen LogP contribution < -0.4 is 5.73 Å². The molecule has 0 amide bonds. The van der Waals surface area contributed by atoms with Crippen LogP contribution in [0.1, 0.15) is 10.4 Å². The second-order valence-corrected chi connectivity index (χ2v) is 8.78. The first-order chi connectivity index (χ1) is 16.6. The molecule has 34 heavy (non-hydrogen) atoms. The number of likely N-dealkylation sites (N-methyl/N-ethyl adjacent to an activating group) is 1. The summed E-state index contributed by atoms with van der Waals surface area (Å²) in [5, 5.41) is 7.63. The quantitative estimate of drug-likeness (QED) is 0.254. The van der Waals surface area contributed by atoms with Gasteiger partial charge in [-0.25, -0.2) is 4.99 Å². The number of nitrogens with zero attached hydrogens (tertiary/aromatic N) is 6. The summed E-state index contributed by atoms with van der Waals surface area (Å²) in [5.41, 5.74) is 8.59. The minimum Gasteiger partial charge on any atom is -0.368 e. The maximum Gasteiger partial charge on any atom is 0.224 e. The Labute approximate surface area is 202 Å². The average Bonchev–Trinajstić information content (AvgIpc) is 3.33. The zero-order chi connectivity index (χ0) is 23.8. The van der Waals surface area contributed by atoms with E-state index in [1.807, 2.05) is 48.5 Å². The molecule has 0 atom stereocenters. The van der Waals surface area contributed by atoms with Crippen molar-refractivity contribution in [1.82, 2.24) is 20.0 Å². The summed E-state index contributed by atoms with van der Waals surface area (Å²) in [4.78, 5) is 29.6. The number of aromatic nitrogens is 2. The van der Waals surface area contributed by atoms with Crippen molar-refractivity contribution in [3.63, 3.8) is 0 Å². The molecule has 1 aliphatic heterocycles. The summed E-state index contributed by atoms with van der Waals surface area (Å²) in [5.74, 6) is 0.483. The molecule has 174 valence electrons. The zero-order valence-corrected chi connectivity index (χ0v) is 19.7. The molecule has 0 saturated carbocycles. The van der Waals surface area contributed by atoms with Crippen molar-refractivity contribution in [2.45, 2.75) is 4.90 Å². The Bertz CT molecular complexity index is 1180. The lowest BCUT2D eigenvalue weighted by Gasteiger charge is -2.30. The van der Waals surface area contributed by atoms with Gasteiger partial charge in [-0.15, -0.1) is 0 Å². The van der Waals surface area contributed by atoms with Gasteiger partial charge in [-0.3, -0.25) is 9.89 Å². The molecule has 10 heteroatoms. The average molecular weight is 475 g/mol. The number of benzene rings is 2. The standard InChI is InChI=1S/C24H26N8OS/c1-31-11-13-32(14-12-31)17-26-24(34-20-9-7-18(16-33)8-10-20)28-23(25)27-22-15-21(29-30-22)19-5-3-2-4-6-19/h2-10,15-17H,11-14H2,1H3,(H3,25,27,29,30). The summed E-state index contributed by atoms with van der Waals surface area (Å²) in [7, 11) is 2.11. The normalized spacial score (nSPS) is 15.7. The number of rotatable bonds is 5. The van der Waals surface area contributed by atoms with E-state index in [0.29, 0.717) is 16.5 Å². The summed E-state index contributed by atoms with van der Waals surface area (Å²) in [6, 6.07) is 18.9. The van der Waals surface area contributed by atoms with Crippen LogP contribution >= 0.6 is 11.8 Å². The summed E-state index contributed by atoms with van der Waals surface area (Å²) in [6.07, 6.45) is 2.61. The molecular formula is C24H26N8OS. The lowest BCUT2D eigenvalue weighted by molar-refractivity contribution is 0.112. The van der Waals surface area contributed by atoms with Gasteiger partial charge in [0.15, 0.2) is 11.0 Å². The number of hydrogen-bond donors (Lipinski definition) is 2. The predicted molar refractivity (Wildman–Crippen MR) is 138 cm³/mol. The molecule has 4 rings (SSSR count). The van der Waals surface area contributed by atoms with Gasteiger partial charge in [0.05, 0.1) is 12.0 Å². The number of thioether (sulfide) groups is 1. The monoisotopic (exact) mass is 474 g/mol. The number of H-pyrrole nitrogens is 1. The highest BCUT2D eigenvalue weighted by atomic mass is 32.2. The number of carbonyl (C=O) groups excluding carboxylic acids is 1. The van der Waals surface area contributed by atoms with E-state index in [2.05, 4.69) is 42.0 Å². The molecule has 1 fully saturated rings. The highest BCUT2D eigenvalue weighted by Gasteiger charge is 2.11. The van der Waals surface area contributed by atoms with Gasteiger partial charge in [0.25, 0.3) is 0 Å². The van der Waals surface area contributed by atoms with Crippen LogP contribution in [0.25, 0.3) is 11.3 Å². The summed E-state index contributed by atoms with van der Waals surface area (Å²) >= 11 is 1.35. The van der Waals surface area contributed by atoms with Gasteiger partial charge in [0, 0.05) is 42.7 Å². The maximum atomic E-state index is 10.9. The van der Waals surface area contributed by atoms with Gasteiger partial charge < -0.3 is 15.5 Å². The molecule has 0 unspecified atom stereocenters. The fourth-order valence-corrected chi connectivity index (χ4v) is 3.96. The van der Waals surface area contributed by atoms with E-state index >= 15 is 0 Å². The van der Waals surface area contributed by atoms with Crippen LogP contribution in [-0.4, -0.2) is 77.0 Å². The molecule has 9 nitrogen and oxygen atoms in total. The lowest BCUT2D eigenvalue weighted by Crippen LogP contribution is -2.43. The van der Waals surface area contributed by atoms with Crippen LogP contribution in [0.4, 0.5) is 5.82 Å². The number of piperazine rings is 1. The number of guanidine groups is 1. The van der Waals surface area contributed by atoms with Gasteiger partial charge >= 0.3 is 0 Å². The second kappa shape index (κ2) is 11.4. The first-order valence-electron chi connectivity index (χ1n) is 10.8. The van der Waals surface area contributed by atoms with Crippen molar-refractivity contribution in [2.24, 2.45) is 20.7 Å². The van der Waals surface area contributed by atoms with Gasteiger partial charge in [-0.05, 0) is 36.5 Å². The number of amidine groups is 1. The van der Waals surface area contributed by atoms with Crippen molar-refractivity contribution in [1.29, 1.82) is 0 Å². The fourth-order valence-electron chi connectivity index (χ4n) is 3.24. The van der Waals surface area contributed by atoms with Crippen LogP contribution in [0.2, 0.25) is 0 Å². The summed E-state index contributed by atoms with van der Waals surface area (Å²) < 4.78 is 0. The number of aliphatic imine (C=N–C) groups is 3. The third kappa shape index (κ3) is 6.63. The number of carbonyl (C=O) groups is 1. The fraction of sp³-hybridized carbons (Fsp3) is 0.208. The van der Waals surface area contributed by atoms with E-state index < -0.39 is 0 Å². The molecule has 3 N–H and O–H groups in total. The van der Waals surface area contributed by atoms with E-state index in [-0.39, 0.29) is 5.96 Å². The van der Waals surface area contributed by atoms with Gasteiger partial charge in [-0.1, -0.05) is 42.5 Å².